The summed E-state index contributed by atoms with van der Waals surface area (Å²) in [6, 6.07) is 15.9. The van der Waals surface area contributed by atoms with E-state index in [2.05, 4.69) is 31.2 Å². The van der Waals surface area contributed by atoms with Crippen LogP contribution in [0.2, 0.25) is 0 Å². The number of ether oxygens (including phenoxy) is 1. The van der Waals surface area contributed by atoms with Crippen molar-refractivity contribution in [2.45, 2.75) is 6.54 Å². The summed E-state index contributed by atoms with van der Waals surface area (Å²) in [5.41, 5.74) is 1.09. The summed E-state index contributed by atoms with van der Waals surface area (Å²) in [6.07, 6.45) is 3.64. The number of nitrogens with zero attached hydrogens (tertiary/aromatic N) is 5. The summed E-state index contributed by atoms with van der Waals surface area (Å²) >= 11 is 0. The molecule has 7 nitrogen and oxygen atoms in total. The van der Waals surface area contributed by atoms with Crippen LogP contribution in [0.1, 0.15) is 5.56 Å². The zero-order valence-corrected chi connectivity index (χ0v) is 16.0. The Kier molecular flexibility index (Phi) is 5.51. The molecule has 2 aromatic heterocycles. The molecule has 4 rings (SSSR count). The van der Waals surface area contributed by atoms with E-state index in [9.17, 15) is 0 Å². The maximum absolute atomic E-state index is 5.41. The second-order valence-corrected chi connectivity index (χ2v) is 6.57. The maximum Gasteiger partial charge on any atom is 0.227 e. The summed E-state index contributed by atoms with van der Waals surface area (Å²) in [7, 11) is 1.69. The molecule has 3 aromatic rings. The summed E-state index contributed by atoms with van der Waals surface area (Å²) in [5, 5.41) is 3.37. The Morgan fingerprint density at radius 1 is 0.893 bits per heavy atom. The number of hydrogen-bond donors (Lipinski definition) is 1. The zero-order valence-electron chi connectivity index (χ0n) is 16.0. The van der Waals surface area contributed by atoms with Crippen LogP contribution in [-0.2, 0) is 6.54 Å². The lowest BCUT2D eigenvalue weighted by molar-refractivity contribution is 0.410. The van der Waals surface area contributed by atoms with Crippen molar-refractivity contribution in [1.82, 2.24) is 15.0 Å². The van der Waals surface area contributed by atoms with Crippen molar-refractivity contribution in [1.29, 1.82) is 0 Å². The molecule has 0 bridgehead atoms. The number of methoxy groups -OCH3 is 1. The first-order valence-corrected chi connectivity index (χ1v) is 9.43. The van der Waals surface area contributed by atoms with E-state index >= 15 is 0 Å². The van der Waals surface area contributed by atoms with E-state index in [0.717, 1.165) is 55.1 Å². The van der Waals surface area contributed by atoms with Gasteiger partial charge in [0.05, 0.1) is 7.11 Å². The number of piperazine rings is 1. The first-order valence-electron chi connectivity index (χ1n) is 9.43. The Hall–Kier alpha value is -3.35. The van der Waals surface area contributed by atoms with Crippen molar-refractivity contribution in [3.8, 4) is 5.75 Å². The zero-order chi connectivity index (χ0) is 19.2. The Morgan fingerprint density at radius 3 is 2.46 bits per heavy atom. The first-order chi connectivity index (χ1) is 13.8. The average Bonchev–Trinajstić information content (AvgIpc) is 2.79. The van der Waals surface area contributed by atoms with Crippen LogP contribution < -0.4 is 19.9 Å². The Balaban J connectivity index is 1.38. The van der Waals surface area contributed by atoms with E-state index < -0.39 is 0 Å². The summed E-state index contributed by atoms with van der Waals surface area (Å²) < 4.78 is 5.41. The van der Waals surface area contributed by atoms with Crippen molar-refractivity contribution in [2.75, 3.05) is 48.4 Å². The van der Waals surface area contributed by atoms with E-state index in [4.69, 9.17) is 9.72 Å². The molecule has 0 aliphatic carbocycles. The highest BCUT2D eigenvalue weighted by molar-refractivity contribution is 5.46. The van der Waals surface area contributed by atoms with Crippen molar-refractivity contribution in [3.05, 3.63) is 66.5 Å². The highest BCUT2D eigenvalue weighted by Crippen LogP contribution is 2.20. The van der Waals surface area contributed by atoms with Crippen LogP contribution in [0.5, 0.6) is 5.75 Å². The van der Waals surface area contributed by atoms with Gasteiger partial charge < -0.3 is 19.9 Å². The van der Waals surface area contributed by atoms with Gasteiger partial charge in [0.25, 0.3) is 0 Å². The van der Waals surface area contributed by atoms with E-state index in [1.54, 1.807) is 13.3 Å². The van der Waals surface area contributed by atoms with Crippen molar-refractivity contribution >= 4 is 17.6 Å². The molecule has 0 spiro atoms. The topological polar surface area (TPSA) is 66.4 Å². The number of rotatable bonds is 6. The van der Waals surface area contributed by atoms with Crippen LogP contribution in [0.3, 0.4) is 0 Å². The molecule has 3 heterocycles. The van der Waals surface area contributed by atoms with E-state index in [0.29, 0.717) is 6.54 Å². The number of para-hydroxylation sites is 1. The van der Waals surface area contributed by atoms with Gasteiger partial charge in [0.2, 0.25) is 5.95 Å². The standard InChI is InChI=1S/C21H24N6O/c1-28-18-7-3-2-6-17(18)16-24-19-9-11-23-21(25-19)27-14-12-26(13-15-27)20-8-4-5-10-22-20/h2-11H,12-16H2,1H3,(H,23,24,25). The van der Waals surface area contributed by atoms with Crippen molar-refractivity contribution < 1.29 is 4.74 Å². The molecule has 0 atom stereocenters. The lowest BCUT2D eigenvalue weighted by Crippen LogP contribution is -2.47. The molecule has 0 amide bonds. The molecular weight excluding hydrogens is 352 g/mol. The minimum atomic E-state index is 0.647. The molecule has 1 aliphatic rings. The second kappa shape index (κ2) is 8.56. The van der Waals surface area contributed by atoms with Crippen LogP contribution in [0.4, 0.5) is 17.6 Å². The van der Waals surface area contributed by atoms with Gasteiger partial charge in [-0.3, -0.25) is 0 Å². The third-order valence-electron chi connectivity index (χ3n) is 4.83. The monoisotopic (exact) mass is 376 g/mol. The third-order valence-corrected chi connectivity index (χ3v) is 4.83. The normalized spacial score (nSPS) is 14.0. The fraction of sp³-hybridized carbons (Fsp3) is 0.286. The van der Waals surface area contributed by atoms with Crippen LogP contribution in [-0.4, -0.2) is 48.2 Å². The Bertz CT molecular complexity index is 896. The van der Waals surface area contributed by atoms with Gasteiger partial charge in [0.1, 0.15) is 17.4 Å². The maximum atomic E-state index is 5.41. The van der Waals surface area contributed by atoms with Gasteiger partial charge in [-0.2, -0.15) is 4.98 Å². The molecule has 144 valence electrons. The van der Waals surface area contributed by atoms with Crippen LogP contribution in [0, 0.1) is 0 Å². The van der Waals surface area contributed by atoms with Gasteiger partial charge in [-0.15, -0.1) is 0 Å². The lowest BCUT2D eigenvalue weighted by Gasteiger charge is -2.35. The lowest BCUT2D eigenvalue weighted by atomic mass is 10.2. The predicted molar refractivity (Wildman–Crippen MR) is 111 cm³/mol. The minimum Gasteiger partial charge on any atom is -0.496 e. The van der Waals surface area contributed by atoms with Crippen molar-refractivity contribution in [2.24, 2.45) is 0 Å². The fourth-order valence-corrected chi connectivity index (χ4v) is 3.31. The number of hydrogen-bond acceptors (Lipinski definition) is 7. The highest BCUT2D eigenvalue weighted by Gasteiger charge is 2.20. The number of aromatic nitrogens is 3. The van der Waals surface area contributed by atoms with E-state index in [-0.39, 0.29) is 0 Å². The largest absolute Gasteiger partial charge is 0.496 e. The number of nitrogens with one attached hydrogen (secondary N) is 1. The van der Waals surface area contributed by atoms with Gasteiger partial charge in [0, 0.05) is 50.7 Å². The molecular formula is C21H24N6O. The molecule has 1 saturated heterocycles. The van der Waals surface area contributed by atoms with E-state index in [1.165, 1.54) is 0 Å². The summed E-state index contributed by atoms with van der Waals surface area (Å²) in [4.78, 5) is 18.1. The summed E-state index contributed by atoms with van der Waals surface area (Å²) in [6.45, 7) is 4.19. The molecule has 0 radical (unpaired) electrons. The molecule has 1 aliphatic heterocycles. The van der Waals surface area contributed by atoms with Gasteiger partial charge in [0.15, 0.2) is 0 Å². The molecule has 1 N–H and O–H groups in total. The van der Waals surface area contributed by atoms with E-state index in [1.807, 2.05) is 48.7 Å². The molecule has 28 heavy (non-hydrogen) atoms. The molecule has 1 fully saturated rings. The molecule has 0 saturated carbocycles. The third kappa shape index (κ3) is 4.14. The molecule has 0 unspecified atom stereocenters. The Morgan fingerprint density at radius 2 is 1.68 bits per heavy atom. The SMILES string of the molecule is COc1ccccc1CNc1ccnc(N2CCN(c3ccccn3)CC2)n1. The van der Waals surface area contributed by atoms with Gasteiger partial charge >= 0.3 is 0 Å². The number of pyridine rings is 1. The van der Waals surface area contributed by atoms with Crippen LogP contribution in [0.15, 0.2) is 60.9 Å². The fourth-order valence-electron chi connectivity index (χ4n) is 3.31. The molecule has 7 heteroatoms. The van der Waals surface area contributed by atoms with Crippen molar-refractivity contribution in [3.63, 3.8) is 0 Å². The van der Waals surface area contributed by atoms with Gasteiger partial charge in [-0.25, -0.2) is 9.97 Å². The highest BCUT2D eigenvalue weighted by atomic mass is 16.5. The first kappa shape index (κ1) is 18.0. The Labute approximate surface area is 165 Å². The van der Waals surface area contributed by atoms with Gasteiger partial charge in [-0.1, -0.05) is 24.3 Å². The van der Waals surface area contributed by atoms with Gasteiger partial charge in [-0.05, 0) is 24.3 Å². The van der Waals surface area contributed by atoms with Crippen LogP contribution in [0.25, 0.3) is 0 Å². The number of anilines is 3. The van der Waals surface area contributed by atoms with Crippen LogP contribution >= 0.6 is 0 Å². The smallest absolute Gasteiger partial charge is 0.227 e. The second-order valence-electron chi connectivity index (χ2n) is 6.57. The number of benzene rings is 1. The minimum absolute atomic E-state index is 0.647. The summed E-state index contributed by atoms with van der Waals surface area (Å²) in [5.74, 6) is 3.46. The quantitative estimate of drug-likeness (QED) is 0.709. The molecule has 1 aromatic carbocycles. The average molecular weight is 376 g/mol. The predicted octanol–water partition coefficient (Wildman–Crippen LogP) is 2.82.